The molecule has 0 aliphatic heterocycles. The smallest absolute Gasteiger partial charge is 0.343 e. The summed E-state index contributed by atoms with van der Waals surface area (Å²) in [4.78, 5) is 27.5. The molecule has 0 spiro atoms. The van der Waals surface area contributed by atoms with E-state index >= 15 is 0 Å². The second-order valence-corrected chi connectivity index (χ2v) is 11.6. The van der Waals surface area contributed by atoms with Crippen molar-refractivity contribution in [2.75, 3.05) is 25.6 Å². The first-order valence-electron chi connectivity index (χ1n) is 15.7. The van der Waals surface area contributed by atoms with Crippen molar-refractivity contribution in [2.24, 2.45) is 0 Å². The number of unbranched alkanes of at least 4 members (excludes halogenated alkanes) is 5. The van der Waals surface area contributed by atoms with E-state index in [0.717, 1.165) is 41.8 Å². The third-order valence-electron chi connectivity index (χ3n) is 7.94. The summed E-state index contributed by atoms with van der Waals surface area (Å²) < 4.78 is 19.4. The Labute approximate surface area is 267 Å². The quantitative estimate of drug-likeness (QED) is 0.0592. The van der Waals surface area contributed by atoms with Crippen LogP contribution >= 0.6 is 0 Å². The average molecular weight is 610 g/mol. The van der Waals surface area contributed by atoms with Gasteiger partial charge in [0.1, 0.15) is 23.8 Å². The molecule has 4 rings (SSSR count). The lowest BCUT2D eigenvalue weighted by atomic mass is 10.1. The number of benzene rings is 3. The number of pyridine rings is 1. The van der Waals surface area contributed by atoms with Crippen LogP contribution < -0.4 is 23.7 Å². The number of nitrogens with zero attached hydrogens (tertiary/aromatic N) is 2. The molecule has 7 nitrogen and oxygen atoms in total. The fourth-order valence-electron chi connectivity index (χ4n) is 4.88. The number of anilines is 1. The Kier molecular flexibility index (Phi) is 12.1. The Bertz CT molecular complexity index is 1550. The van der Waals surface area contributed by atoms with Gasteiger partial charge in [-0.15, -0.1) is 0 Å². The van der Waals surface area contributed by atoms with Crippen LogP contribution in [0.2, 0.25) is 0 Å². The summed E-state index contributed by atoms with van der Waals surface area (Å²) in [7, 11) is 4.11. The number of ether oxygens (including phenoxy) is 3. The van der Waals surface area contributed by atoms with E-state index in [1.54, 1.807) is 48.5 Å². The number of hydrogen-bond donors (Lipinski definition) is 0. The molecule has 7 heteroatoms. The van der Waals surface area contributed by atoms with E-state index in [1.165, 1.54) is 31.4 Å². The van der Waals surface area contributed by atoms with Crippen molar-refractivity contribution >= 4 is 17.6 Å². The topological polar surface area (TPSA) is 68.9 Å². The van der Waals surface area contributed by atoms with Gasteiger partial charge in [0.05, 0.1) is 17.7 Å². The predicted molar refractivity (Wildman–Crippen MR) is 178 cm³/mol. The first-order chi connectivity index (χ1) is 21.7. The van der Waals surface area contributed by atoms with Crippen molar-refractivity contribution < 1.29 is 28.4 Å². The van der Waals surface area contributed by atoms with Gasteiger partial charge in [0.15, 0.2) is 12.4 Å². The van der Waals surface area contributed by atoms with Gasteiger partial charge in [0.25, 0.3) is 0 Å². The highest BCUT2D eigenvalue weighted by Gasteiger charge is 2.16. The SMILES string of the molecule is Cc1ccc(C(=O)Oc2ccc(OC(=O)c3ccc(OCCCCCCCC[n+]4ccc(N(C)C)cc4)cc3)c(C)c2C)cc1. The molecule has 0 aliphatic rings. The summed E-state index contributed by atoms with van der Waals surface area (Å²) in [5.41, 5.74) is 4.65. The summed E-state index contributed by atoms with van der Waals surface area (Å²) in [5.74, 6) is 0.691. The summed E-state index contributed by atoms with van der Waals surface area (Å²) in [5, 5.41) is 0. The molecule has 0 saturated carbocycles. The van der Waals surface area contributed by atoms with Gasteiger partial charge in [-0.05, 0) is 93.3 Å². The van der Waals surface area contributed by atoms with Crippen LogP contribution in [0.25, 0.3) is 0 Å². The third kappa shape index (κ3) is 9.93. The third-order valence-corrected chi connectivity index (χ3v) is 7.94. The molecular formula is C38H45N2O5+. The van der Waals surface area contributed by atoms with Crippen LogP contribution in [0.4, 0.5) is 5.69 Å². The highest BCUT2D eigenvalue weighted by Crippen LogP contribution is 2.30. The Balaban J connectivity index is 1.14. The van der Waals surface area contributed by atoms with Crippen LogP contribution in [0.5, 0.6) is 17.2 Å². The molecular weight excluding hydrogens is 564 g/mol. The van der Waals surface area contributed by atoms with Crippen LogP contribution in [0.15, 0.2) is 85.2 Å². The zero-order chi connectivity index (χ0) is 32.2. The summed E-state index contributed by atoms with van der Waals surface area (Å²) in [6.07, 6.45) is 11.3. The zero-order valence-electron chi connectivity index (χ0n) is 27.2. The van der Waals surface area contributed by atoms with Gasteiger partial charge >= 0.3 is 11.9 Å². The van der Waals surface area contributed by atoms with Crippen LogP contribution in [-0.2, 0) is 6.54 Å². The maximum atomic E-state index is 12.8. The van der Waals surface area contributed by atoms with Crippen LogP contribution in [0, 0.1) is 20.8 Å². The van der Waals surface area contributed by atoms with E-state index in [9.17, 15) is 9.59 Å². The number of rotatable bonds is 15. The van der Waals surface area contributed by atoms with Crippen LogP contribution in [0.1, 0.15) is 75.9 Å². The lowest BCUT2D eigenvalue weighted by Crippen LogP contribution is -2.32. The fourth-order valence-corrected chi connectivity index (χ4v) is 4.88. The summed E-state index contributed by atoms with van der Waals surface area (Å²) >= 11 is 0. The van der Waals surface area contributed by atoms with Gasteiger partial charge in [0.2, 0.25) is 0 Å². The Morgan fingerprint density at radius 2 is 1.11 bits per heavy atom. The number of carbonyl (C=O) groups is 2. The van der Waals surface area contributed by atoms with Gasteiger partial charge < -0.3 is 19.1 Å². The van der Waals surface area contributed by atoms with Crippen molar-refractivity contribution in [1.82, 2.24) is 0 Å². The second kappa shape index (κ2) is 16.4. The van der Waals surface area contributed by atoms with E-state index in [1.807, 2.05) is 32.9 Å². The van der Waals surface area contributed by atoms with Crippen molar-refractivity contribution in [3.8, 4) is 17.2 Å². The number of aryl methyl sites for hydroxylation is 2. The van der Waals surface area contributed by atoms with E-state index in [4.69, 9.17) is 14.2 Å². The minimum absolute atomic E-state index is 0.422. The molecule has 45 heavy (non-hydrogen) atoms. The van der Waals surface area contributed by atoms with E-state index in [0.29, 0.717) is 29.2 Å². The molecule has 0 bridgehead atoms. The zero-order valence-corrected chi connectivity index (χ0v) is 27.2. The van der Waals surface area contributed by atoms with Gasteiger partial charge in [-0.3, -0.25) is 0 Å². The number of hydrogen-bond acceptors (Lipinski definition) is 6. The molecule has 1 aromatic heterocycles. The molecule has 0 amide bonds. The number of esters is 2. The second-order valence-electron chi connectivity index (χ2n) is 11.6. The molecule has 0 N–H and O–H groups in total. The summed E-state index contributed by atoms with van der Waals surface area (Å²) in [6.45, 7) is 7.34. The Hall–Kier alpha value is -4.65. The Morgan fingerprint density at radius 3 is 1.64 bits per heavy atom. The first kappa shape index (κ1) is 33.2. The molecule has 0 radical (unpaired) electrons. The van der Waals surface area contributed by atoms with Crippen LogP contribution in [0.3, 0.4) is 0 Å². The average Bonchev–Trinajstić information content (AvgIpc) is 3.04. The monoisotopic (exact) mass is 609 g/mol. The largest absolute Gasteiger partial charge is 0.494 e. The van der Waals surface area contributed by atoms with E-state index in [-0.39, 0.29) is 0 Å². The minimum Gasteiger partial charge on any atom is -0.494 e. The molecule has 0 saturated heterocycles. The molecule has 1 heterocycles. The normalized spacial score (nSPS) is 10.8. The van der Waals surface area contributed by atoms with Gasteiger partial charge in [-0.1, -0.05) is 37.0 Å². The van der Waals surface area contributed by atoms with Crippen molar-refractivity contribution in [3.63, 3.8) is 0 Å². The molecule has 236 valence electrons. The number of aromatic nitrogens is 1. The molecule has 0 atom stereocenters. The van der Waals surface area contributed by atoms with Crippen LogP contribution in [-0.4, -0.2) is 32.6 Å². The van der Waals surface area contributed by atoms with Gasteiger partial charge in [-0.25, -0.2) is 14.2 Å². The lowest BCUT2D eigenvalue weighted by molar-refractivity contribution is -0.697. The maximum absolute atomic E-state index is 12.8. The first-order valence-corrected chi connectivity index (χ1v) is 15.7. The lowest BCUT2D eigenvalue weighted by Gasteiger charge is -2.14. The standard InChI is InChI=1S/C38H45N2O5/c1-28-12-14-31(15-13-28)37(41)44-35-20-21-36(30(3)29(35)2)45-38(42)32-16-18-34(19-17-32)43-27-11-9-7-6-8-10-24-40-25-22-33(23-26-40)39(4)5/h12-23,25-26H,6-11,24,27H2,1-5H3/q+1. The minimum atomic E-state index is -0.461. The molecule has 0 aliphatic carbocycles. The van der Waals surface area contributed by atoms with E-state index in [2.05, 4.69) is 48.1 Å². The Morgan fingerprint density at radius 1 is 0.622 bits per heavy atom. The highest BCUT2D eigenvalue weighted by atomic mass is 16.5. The van der Waals surface area contributed by atoms with Crippen molar-refractivity contribution in [2.45, 2.75) is 65.8 Å². The summed E-state index contributed by atoms with van der Waals surface area (Å²) in [6, 6.07) is 21.8. The molecule has 3 aromatic carbocycles. The number of carbonyl (C=O) groups excluding carboxylic acids is 2. The van der Waals surface area contributed by atoms with Gasteiger partial charge in [0, 0.05) is 38.3 Å². The van der Waals surface area contributed by atoms with Gasteiger partial charge in [-0.2, -0.15) is 0 Å². The van der Waals surface area contributed by atoms with E-state index < -0.39 is 11.9 Å². The van der Waals surface area contributed by atoms with Crippen molar-refractivity contribution in [1.29, 1.82) is 0 Å². The highest BCUT2D eigenvalue weighted by molar-refractivity contribution is 5.92. The molecule has 0 fully saturated rings. The fraction of sp³-hybridized carbons (Fsp3) is 0.342. The van der Waals surface area contributed by atoms with Crippen molar-refractivity contribution in [3.05, 3.63) is 113 Å². The maximum Gasteiger partial charge on any atom is 0.343 e. The molecule has 4 aromatic rings. The molecule has 0 unspecified atom stereocenters. The predicted octanol–water partition coefficient (Wildman–Crippen LogP) is 7.82.